The van der Waals surface area contributed by atoms with E-state index in [9.17, 15) is 9.59 Å². The number of para-hydroxylation sites is 1. The molecular weight excluding hydrogens is 362 g/mol. The quantitative estimate of drug-likeness (QED) is 0.582. The second kappa shape index (κ2) is 7.59. The third-order valence-corrected chi connectivity index (χ3v) is 5.18. The van der Waals surface area contributed by atoms with Crippen molar-refractivity contribution in [3.63, 3.8) is 0 Å². The summed E-state index contributed by atoms with van der Waals surface area (Å²) in [5.74, 6) is 0.861. The number of hydrogen-bond donors (Lipinski definition) is 0. The van der Waals surface area contributed by atoms with Gasteiger partial charge in [0.25, 0.3) is 0 Å². The van der Waals surface area contributed by atoms with Crippen molar-refractivity contribution >= 4 is 23.2 Å². The summed E-state index contributed by atoms with van der Waals surface area (Å²) in [6, 6.07) is 15.6. The van der Waals surface area contributed by atoms with Crippen molar-refractivity contribution in [2.45, 2.75) is 40.0 Å². The smallest absolute Gasteiger partial charge is 0.237 e. The monoisotopic (exact) mass is 385 g/mol. The summed E-state index contributed by atoms with van der Waals surface area (Å²) >= 11 is 0. The molecule has 1 aliphatic rings. The number of benzene rings is 2. The van der Waals surface area contributed by atoms with Crippen LogP contribution in [0.1, 0.15) is 46.9 Å². The minimum atomic E-state index is -0.0878. The van der Waals surface area contributed by atoms with Gasteiger partial charge in [-0.3, -0.25) is 14.5 Å². The second-order valence-corrected chi connectivity index (χ2v) is 7.43. The van der Waals surface area contributed by atoms with Crippen molar-refractivity contribution in [2.24, 2.45) is 0 Å². The number of rotatable bonds is 5. The number of amides is 1. The van der Waals surface area contributed by atoms with Gasteiger partial charge in [0.1, 0.15) is 11.5 Å². The summed E-state index contributed by atoms with van der Waals surface area (Å²) in [6.45, 7) is 5.94. The summed E-state index contributed by atoms with van der Waals surface area (Å²) in [5.41, 5.74) is 4.73. The molecule has 2 aromatic carbocycles. The van der Waals surface area contributed by atoms with Gasteiger partial charge in [-0.05, 0) is 31.9 Å². The minimum absolute atomic E-state index is 0.0426. The topological polar surface area (TPSA) is 63.2 Å². The fourth-order valence-corrected chi connectivity index (χ4v) is 3.64. The summed E-state index contributed by atoms with van der Waals surface area (Å²) in [4.78, 5) is 36.8. The Labute approximate surface area is 170 Å². The van der Waals surface area contributed by atoms with Crippen LogP contribution in [0.4, 0.5) is 11.5 Å². The molecule has 0 spiro atoms. The van der Waals surface area contributed by atoms with Gasteiger partial charge in [-0.2, -0.15) is 0 Å². The third kappa shape index (κ3) is 3.44. The van der Waals surface area contributed by atoms with E-state index in [-0.39, 0.29) is 18.1 Å². The Hall–Kier alpha value is -3.34. The maximum atomic E-state index is 13.0. The van der Waals surface area contributed by atoms with Gasteiger partial charge >= 0.3 is 0 Å². The Kier molecular flexibility index (Phi) is 4.97. The average Bonchev–Trinajstić information content (AvgIpc) is 3.04. The highest BCUT2D eigenvalue weighted by Gasteiger charge is 2.35. The van der Waals surface area contributed by atoms with E-state index in [1.165, 1.54) is 0 Å². The molecule has 1 amide bonds. The third-order valence-electron chi connectivity index (χ3n) is 5.18. The molecule has 146 valence electrons. The van der Waals surface area contributed by atoms with Gasteiger partial charge in [0.15, 0.2) is 11.6 Å². The van der Waals surface area contributed by atoms with Gasteiger partial charge in [0.05, 0.1) is 12.1 Å². The fourth-order valence-electron chi connectivity index (χ4n) is 3.64. The van der Waals surface area contributed by atoms with E-state index in [0.717, 1.165) is 28.8 Å². The van der Waals surface area contributed by atoms with Gasteiger partial charge in [0.2, 0.25) is 5.91 Å². The number of carbonyl (C=O) groups is 2. The molecule has 5 heteroatoms. The van der Waals surface area contributed by atoms with Gasteiger partial charge < -0.3 is 0 Å². The van der Waals surface area contributed by atoms with Crippen LogP contribution in [0.2, 0.25) is 0 Å². The lowest BCUT2D eigenvalue weighted by molar-refractivity contribution is -0.116. The molecule has 2 heterocycles. The van der Waals surface area contributed by atoms with Gasteiger partial charge in [0, 0.05) is 17.5 Å². The van der Waals surface area contributed by atoms with Crippen LogP contribution in [0, 0.1) is 13.8 Å². The molecule has 1 aliphatic heterocycles. The van der Waals surface area contributed by atoms with E-state index in [0.29, 0.717) is 29.3 Å². The molecule has 0 saturated heterocycles. The molecular formula is C24H23N3O2. The number of Topliss-reactive ketones (excluding diaryl/α,β-unsaturated/α-hetero) is 1. The normalized spacial score (nSPS) is 12.9. The Balaban J connectivity index is 1.93. The van der Waals surface area contributed by atoms with E-state index in [2.05, 4.69) is 4.98 Å². The first-order valence-corrected chi connectivity index (χ1v) is 9.89. The molecule has 4 rings (SSSR count). The summed E-state index contributed by atoms with van der Waals surface area (Å²) in [5, 5.41) is 0. The van der Waals surface area contributed by atoms with Crippen molar-refractivity contribution in [3.05, 3.63) is 70.9 Å². The zero-order valence-electron chi connectivity index (χ0n) is 16.9. The predicted molar refractivity (Wildman–Crippen MR) is 113 cm³/mol. The SMILES string of the molecule is CCCC(=O)c1nc(-c2ccc(C)cc2)nc2c1CC(=O)N2c1ccccc1C. The van der Waals surface area contributed by atoms with Crippen LogP contribution in [0.5, 0.6) is 0 Å². The van der Waals surface area contributed by atoms with E-state index >= 15 is 0 Å². The number of aromatic nitrogens is 2. The number of nitrogens with zero attached hydrogens (tertiary/aromatic N) is 3. The number of ketones is 1. The molecule has 0 fully saturated rings. The van der Waals surface area contributed by atoms with Crippen LogP contribution >= 0.6 is 0 Å². The van der Waals surface area contributed by atoms with Crippen molar-refractivity contribution in [1.29, 1.82) is 0 Å². The van der Waals surface area contributed by atoms with E-state index in [4.69, 9.17) is 4.98 Å². The molecule has 1 aromatic heterocycles. The largest absolute Gasteiger partial charge is 0.292 e. The minimum Gasteiger partial charge on any atom is -0.292 e. The van der Waals surface area contributed by atoms with Gasteiger partial charge in [-0.25, -0.2) is 9.97 Å². The molecule has 0 N–H and O–H groups in total. The standard InChI is InChI=1S/C24H23N3O2/c1-4-7-20(28)22-18-14-21(29)27(19-9-6-5-8-16(19)3)24(18)26-23(25-22)17-12-10-15(2)11-13-17/h5-6,8-13H,4,7,14H2,1-3H3. The molecule has 3 aromatic rings. The highest BCUT2D eigenvalue weighted by Crippen LogP contribution is 2.38. The Morgan fingerprint density at radius 3 is 2.45 bits per heavy atom. The van der Waals surface area contributed by atoms with Crippen LogP contribution in [0.3, 0.4) is 0 Å². The van der Waals surface area contributed by atoms with Gasteiger partial charge in [-0.15, -0.1) is 0 Å². The first kappa shape index (κ1) is 19.0. The molecule has 0 saturated carbocycles. The predicted octanol–water partition coefficient (Wildman–Crippen LogP) is 4.96. The lowest BCUT2D eigenvalue weighted by Crippen LogP contribution is -2.22. The summed E-state index contributed by atoms with van der Waals surface area (Å²) in [6.07, 6.45) is 1.27. The van der Waals surface area contributed by atoms with Crippen molar-refractivity contribution in [3.8, 4) is 11.4 Å². The highest BCUT2D eigenvalue weighted by molar-refractivity contribution is 6.10. The van der Waals surface area contributed by atoms with E-state index < -0.39 is 0 Å². The molecule has 0 bridgehead atoms. The average molecular weight is 385 g/mol. The molecule has 5 nitrogen and oxygen atoms in total. The van der Waals surface area contributed by atoms with Crippen molar-refractivity contribution < 1.29 is 9.59 Å². The van der Waals surface area contributed by atoms with Crippen LogP contribution < -0.4 is 4.90 Å². The molecule has 0 radical (unpaired) electrons. The molecule has 0 atom stereocenters. The fraction of sp³-hybridized carbons (Fsp3) is 0.250. The number of carbonyl (C=O) groups excluding carboxylic acids is 2. The van der Waals surface area contributed by atoms with Crippen LogP contribution in [-0.4, -0.2) is 21.7 Å². The number of aryl methyl sites for hydroxylation is 2. The van der Waals surface area contributed by atoms with Gasteiger partial charge in [-0.1, -0.05) is 55.0 Å². The Bertz CT molecular complexity index is 1100. The lowest BCUT2D eigenvalue weighted by Gasteiger charge is -2.19. The van der Waals surface area contributed by atoms with Crippen molar-refractivity contribution in [1.82, 2.24) is 9.97 Å². The van der Waals surface area contributed by atoms with E-state index in [1.807, 2.05) is 69.3 Å². The summed E-state index contributed by atoms with van der Waals surface area (Å²) < 4.78 is 0. The van der Waals surface area contributed by atoms with E-state index in [1.54, 1.807) is 4.90 Å². The first-order valence-electron chi connectivity index (χ1n) is 9.89. The maximum absolute atomic E-state index is 13.0. The number of anilines is 2. The first-order chi connectivity index (χ1) is 14.0. The van der Waals surface area contributed by atoms with Crippen LogP contribution in [-0.2, 0) is 11.2 Å². The number of hydrogen-bond acceptors (Lipinski definition) is 4. The highest BCUT2D eigenvalue weighted by atomic mass is 16.2. The molecule has 29 heavy (non-hydrogen) atoms. The Morgan fingerprint density at radius 2 is 1.76 bits per heavy atom. The maximum Gasteiger partial charge on any atom is 0.237 e. The second-order valence-electron chi connectivity index (χ2n) is 7.43. The van der Waals surface area contributed by atoms with Crippen LogP contribution in [0.15, 0.2) is 48.5 Å². The lowest BCUT2D eigenvalue weighted by atomic mass is 10.1. The molecule has 0 aliphatic carbocycles. The Morgan fingerprint density at radius 1 is 1.03 bits per heavy atom. The van der Waals surface area contributed by atoms with Crippen LogP contribution in [0.25, 0.3) is 11.4 Å². The number of fused-ring (bicyclic) bond motifs is 1. The molecule has 0 unspecified atom stereocenters. The zero-order chi connectivity index (χ0) is 20.5. The summed E-state index contributed by atoms with van der Waals surface area (Å²) in [7, 11) is 0. The van der Waals surface area contributed by atoms with Crippen molar-refractivity contribution in [2.75, 3.05) is 4.90 Å². The zero-order valence-corrected chi connectivity index (χ0v) is 16.9.